The van der Waals surface area contributed by atoms with Gasteiger partial charge in [0.05, 0.1) is 17.3 Å². The summed E-state index contributed by atoms with van der Waals surface area (Å²) in [5.41, 5.74) is 1.14. The van der Waals surface area contributed by atoms with Gasteiger partial charge in [-0.05, 0) is 46.5 Å². The Morgan fingerprint density at radius 1 is 1.32 bits per heavy atom. The van der Waals surface area contributed by atoms with Crippen molar-refractivity contribution in [2.45, 2.75) is 32.1 Å². The number of halogens is 2. The molecule has 2 aromatic rings. The highest BCUT2D eigenvalue weighted by molar-refractivity contribution is 9.10. The van der Waals surface area contributed by atoms with Crippen LogP contribution in [0.25, 0.3) is 0 Å². The minimum atomic E-state index is -0.183. The van der Waals surface area contributed by atoms with Crippen LogP contribution in [0.1, 0.15) is 18.4 Å². The van der Waals surface area contributed by atoms with E-state index in [1.807, 2.05) is 23.0 Å². The van der Waals surface area contributed by atoms with Gasteiger partial charge in [-0.15, -0.1) is 0 Å². The topological polar surface area (TPSA) is 21.1 Å². The highest BCUT2D eigenvalue weighted by Crippen LogP contribution is 2.29. The molecule has 0 saturated heterocycles. The molecule has 1 fully saturated rings. The maximum Gasteiger partial charge on any atom is 0.123 e. The molecular weight excluding hydrogens is 309 g/mol. The van der Waals surface area contributed by atoms with Crippen LogP contribution in [0.15, 0.2) is 41.1 Å². The maximum atomic E-state index is 12.9. The zero-order chi connectivity index (χ0) is 13.2. The molecule has 0 bridgehead atoms. The summed E-state index contributed by atoms with van der Waals surface area (Å²) < 4.78 is 15.8. The van der Waals surface area contributed by atoms with Gasteiger partial charge in [0.25, 0.3) is 0 Å². The van der Waals surface area contributed by atoms with Crippen molar-refractivity contribution in [1.82, 2.24) is 14.7 Å². The van der Waals surface area contributed by atoms with Crippen LogP contribution >= 0.6 is 15.9 Å². The number of rotatable bonds is 5. The van der Waals surface area contributed by atoms with Crippen molar-refractivity contribution in [3.63, 3.8) is 0 Å². The summed E-state index contributed by atoms with van der Waals surface area (Å²) in [4.78, 5) is 2.38. The van der Waals surface area contributed by atoms with Gasteiger partial charge in [-0.3, -0.25) is 9.58 Å². The molecule has 0 atom stereocenters. The predicted octanol–water partition coefficient (Wildman–Crippen LogP) is 3.41. The summed E-state index contributed by atoms with van der Waals surface area (Å²) in [5.74, 6) is -0.183. The molecule has 0 N–H and O–H groups in total. The third kappa shape index (κ3) is 3.42. The molecule has 0 aliphatic heterocycles. The molecule has 0 spiro atoms. The number of benzene rings is 1. The Bertz CT molecular complexity index is 548. The molecule has 1 aliphatic rings. The lowest BCUT2D eigenvalue weighted by atomic mass is 10.2. The van der Waals surface area contributed by atoms with Crippen LogP contribution in [0.5, 0.6) is 0 Å². The summed E-state index contributed by atoms with van der Waals surface area (Å²) in [6, 6.07) is 7.37. The smallest absolute Gasteiger partial charge is 0.123 e. The van der Waals surface area contributed by atoms with E-state index < -0.39 is 0 Å². The van der Waals surface area contributed by atoms with E-state index in [0.29, 0.717) is 6.04 Å². The first-order valence-corrected chi connectivity index (χ1v) is 7.16. The van der Waals surface area contributed by atoms with E-state index in [1.165, 1.54) is 25.0 Å². The number of nitrogens with zero attached hydrogens (tertiary/aromatic N) is 3. The first-order valence-electron chi connectivity index (χ1n) is 6.37. The SMILES string of the molecule is Fc1ccc(CN(Cn2cc(Br)cn2)C2CC2)cc1. The Labute approximate surface area is 120 Å². The normalized spacial score (nSPS) is 15.1. The Hall–Kier alpha value is -1.20. The van der Waals surface area contributed by atoms with Gasteiger partial charge in [-0.25, -0.2) is 4.39 Å². The molecule has 5 heteroatoms. The summed E-state index contributed by atoms with van der Waals surface area (Å²) in [6.07, 6.45) is 6.25. The zero-order valence-electron chi connectivity index (χ0n) is 10.5. The monoisotopic (exact) mass is 323 g/mol. The Balaban J connectivity index is 1.69. The summed E-state index contributed by atoms with van der Waals surface area (Å²) in [6.45, 7) is 1.61. The average Bonchev–Trinajstić information content (AvgIpc) is 3.16. The van der Waals surface area contributed by atoms with Crippen LogP contribution in [0.2, 0.25) is 0 Å². The molecule has 100 valence electrons. The van der Waals surface area contributed by atoms with E-state index in [4.69, 9.17) is 0 Å². The van der Waals surface area contributed by atoms with E-state index in [-0.39, 0.29) is 5.82 Å². The highest BCUT2D eigenvalue weighted by atomic mass is 79.9. The molecule has 3 rings (SSSR count). The number of hydrogen-bond donors (Lipinski definition) is 0. The maximum absolute atomic E-state index is 12.9. The van der Waals surface area contributed by atoms with E-state index in [2.05, 4.69) is 25.9 Å². The molecule has 1 heterocycles. The van der Waals surface area contributed by atoms with Crippen LogP contribution in [-0.4, -0.2) is 20.7 Å². The van der Waals surface area contributed by atoms with Gasteiger partial charge in [-0.2, -0.15) is 5.10 Å². The van der Waals surface area contributed by atoms with Crippen LogP contribution in [0.4, 0.5) is 4.39 Å². The second-order valence-corrected chi connectivity index (χ2v) is 5.86. The largest absolute Gasteiger partial charge is 0.277 e. The average molecular weight is 324 g/mol. The Morgan fingerprint density at radius 2 is 2.05 bits per heavy atom. The van der Waals surface area contributed by atoms with Crippen LogP contribution < -0.4 is 0 Å². The lowest BCUT2D eigenvalue weighted by molar-refractivity contribution is 0.188. The van der Waals surface area contributed by atoms with Crippen LogP contribution in [0, 0.1) is 5.82 Å². The first kappa shape index (κ1) is 12.8. The van der Waals surface area contributed by atoms with Gasteiger partial charge in [0, 0.05) is 18.8 Å². The van der Waals surface area contributed by atoms with Crippen molar-refractivity contribution in [3.8, 4) is 0 Å². The lowest BCUT2D eigenvalue weighted by Crippen LogP contribution is -2.28. The van der Waals surface area contributed by atoms with Gasteiger partial charge in [-0.1, -0.05) is 12.1 Å². The minimum absolute atomic E-state index is 0.183. The van der Waals surface area contributed by atoms with Crippen molar-refractivity contribution < 1.29 is 4.39 Å². The van der Waals surface area contributed by atoms with E-state index in [0.717, 1.165) is 23.2 Å². The quantitative estimate of drug-likeness (QED) is 0.840. The summed E-state index contributed by atoms with van der Waals surface area (Å²) in [5, 5.41) is 4.29. The fourth-order valence-electron chi connectivity index (χ4n) is 2.16. The molecule has 3 nitrogen and oxygen atoms in total. The summed E-state index contributed by atoms with van der Waals surface area (Å²) >= 11 is 3.41. The molecule has 1 saturated carbocycles. The van der Waals surface area contributed by atoms with Crippen LogP contribution in [0.3, 0.4) is 0 Å². The van der Waals surface area contributed by atoms with Gasteiger partial charge in [0.15, 0.2) is 0 Å². The predicted molar refractivity (Wildman–Crippen MR) is 74.9 cm³/mol. The van der Waals surface area contributed by atoms with E-state index >= 15 is 0 Å². The standard InChI is InChI=1S/C14H15BrFN3/c15-12-7-17-19(9-12)10-18(14-5-6-14)8-11-1-3-13(16)4-2-11/h1-4,7,9,14H,5-6,8,10H2. The van der Waals surface area contributed by atoms with Crippen LogP contribution in [-0.2, 0) is 13.2 Å². The fourth-order valence-corrected chi connectivity index (χ4v) is 2.49. The van der Waals surface area contributed by atoms with Gasteiger partial charge in [0.2, 0.25) is 0 Å². The number of aromatic nitrogens is 2. The van der Waals surface area contributed by atoms with Gasteiger partial charge >= 0.3 is 0 Å². The first-order chi connectivity index (χ1) is 9.20. The molecule has 1 aliphatic carbocycles. The summed E-state index contributed by atoms with van der Waals surface area (Å²) in [7, 11) is 0. The van der Waals surface area contributed by atoms with Crippen molar-refractivity contribution in [3.05, 3.63) is 52.5 Å². The Morgan fingerprint density at radius 3 is 2.63 bits per heavy atom. The molecule has 1 aromatic carbocycles. The molecule has 0 unspecified atom stereocenters. The van der Waals surface area contributed by atoms with Crippen molar-refractivity contribution in [2.75, 3.05) is 0 Å². The molecule has 0 amide bonds. The third-order valence-corrected chi connectivity index (χ3v) is 3.70. The van der Waals surface area contributed by atoms with Crippen molar-refractivity contribution in [2.24, 2.45) is 0 Å². The van der Waals surface area contributed by atoms with Crippen molar-refractivity contribution in [1.29, 1.82) is 0 Å². The molecule has 19 heavy (non-hydrogen) atoms. The van der Waals surface area contributed by atoms with Gasteiger partial charge in [0.1, 0.15) is 5.82 Å². The zero-order valence-corrected chi connectivity index (χ0v) is 12.1. The minimum Gasteiger partial charge on any atom is -0.277 e. The second-order valence-electron chi connectivity index (χ2n) is 4.94. The third-order valence-electron chi connectivity index (χ3n) is 3.29. The second kappa shape index (κ2) is 5.43. The van der Waals surface area contributed by atoms with E-state index in [1.54, 1.807) is 6.20 Å². The van der Waals surface area contributed by atoms with Gasteiger partial charge < -0.3 is 0 Å². The van der Waals surface area contributed by atoms with E-state index in [9.17, 15) is 4.39 Å². The lowest BCUT2D eigenvalue weighted by Gasteiger charge is -2.22. The molecule has 1 aromatic heterocycles. The number of hydrogen-bond acceptors (Lipinski definition) is 2. The fraction of sp³-hybridized carbons (Fsp3) is 0.357. The van der Waals surface area contributed by atoms with Crippen molar-refractivity contribution >= 4 is 15.9 Å². The Kier molecular flexibility index (Phi) is 3.66. The highest BCUT2D eigenvalue weighted by Gasteiger charge is 2.29. The molecule has 0 radical (unpaired) electrons. The molecular formula is C14H15BrFN3.